The molecule has 0 atom stereocenters. The minimum absolute atomic E-state index is 0.772. The fourth-order valence-corrected chi connectivity index (χ4v) is 2.06. The standard InChI is InChI=1S/C15H24N2O/c1-16-11-13-5-7-15(8-6-13)18-10-9-17(2)12-14-3-4-14/h5-8,14,16H,3-4,9-12H2,1-2H3. The highest BCUT2D eigenvalue weighted by molar-refractivity contribution is 5.27. The van der Waals surface area contributed by atoms with Crippen LogP contribution in [0.15, 0.2) is 24.3 Å². The van der Waals surface area contributed by atoms with E-state index in [4.69, 9.17) is 4.74 Å². The predicted molar refractivity (Wildman–Crippen MR) is 74.9 cm³/mol. The van der Waals surface area contributed by atoms with Crippen LogP contribution in [0, 0.1) is 5.92 Å². The minimum Gasteiger partial charge on any atom is -0.492 e. The number of hydrogen-bond acceptors (Lipinski definition) is 3. The van der Waals surface area contributed by atoms with Crippen molar-refractivity contribution in [3.8, 4) is 5.75 Å². The lowest BCUT2D eigenvalue weighted by Crippen LogP contribution is -2.26. The van der Waals surface area contributed by atoms with E-state index in [1.54, 1.807) is 0 Å². The van der Waals surface area contributed by atoms with Crippen molar-refractivity contribution in [1.29, 1.82) is 0 Å². The summed E-state index contributed by atoms with van der Waals surface area (Å²) in [6.07, 6.45) is 2.83. The lowest BCUT2D eigenvalue weighted by molar-refractivity contribution is 0.232. The molecule has 3 nitrogen and oxygen atoms in total. The van der Waals surface area contributed by atoms with Crippen molar-refractivity contribution in [3.63, 3.8) is 0 Å². The maximum absolute atomic E-state index is 5.75. The van der Waals surface area contributed by atoms with Crippen LogP contribution in [0.4, 0.5) is 0 Å². The molecule has 2 rings (SSSR count). The Hall–Kier alpha value is -1.06. The second-order valence-corrected chi connectivity index (χ2v) is 5.23. The fraction of sp³-hybridized carbons (Fsp3) is 0.600. The van der Waals surface area contributed by atoms with Gasteiger partial charge in [0.15, 0.2) is 0 Å². The first-order valence-electron chi connectivity index (χ1n) is 6.83. The summed E-state index contributed by atoms with van der Waals surface area (Å²) in [7, 11) is 4.14. The normalized spacial score (nSPS) is 15.1. The summed E-state index contributed by atoms with van der Waals surface area (Å²) >= 11 is 0. The lowest BCUT2D eigenvalue weighted by Gasteiger charge is -2.16. The Bertz CT molecular complexity index is 346. The molecule has 18 heavy (non-hydrogen) atoms. The van der Waals surface area contributed by atoms with Crippen LogP contribution in [-0.4, -0.2) is 38.7 Å². The molecule has 3 heteroatoms. The van der Waals surface area contributed by atoms with Gasteiger partial charge in [0, 0.05) is 19.6 Å². The smallest absolute Gasteiger partial charge is 0.119 e. The molecule has 100 valence electrons. The van der Waals surface area contributed by atoms with Crippen molar-refractivity contribution in [2.75, 3.05) is 33.8 Å². The number of likely N-dealkylation sites (N-methyl/N-ethyl adjacent to an activating group) is 1. The molecule has 1 aliphatic carbocycles. The fourth-order valence-electron chi connectivity index (χ4n) is 2.06. The van der Waals surface area contributed by atoms with Gasteiger partial charge in [0.2, 0.25) is 0 Å². The van der Waals surface area contributed by atoms with Crippen molar-refractivity contribution in [2.24, 2.45) is 5.92 Å². The van der Waals surface area contributed by atoms with Crippen molar-refractivity contribution < 1.29 is 4.74 Å². The van der Waals surface area contributed by atoms with Gasteiger partial charge in [0.05, 0.1) is 0 Å². The van der Waals surface area contributed by atoms with Gasteiger partial charge in [-0.05, 0) is 50.6 Å². The first-order valence-corrected chi connectivity index (χ1v) is 6.83. The molecule has 0 aliphatic heterocycles. The number of nitrogens with one attached hydrogen (secondary N) is 1. The van der Waals surface area contributed by atoms with E-state index in [1.807, 2.05) is 19.2 Å². The maximum Gasteiger partial charge on any atom is 0.119 e. The quantitative estimate of drug-likeness (QED) is 0.762. The average Bonchev–Trinajstić information content (AvgIpc) is 3.16. The van der Waals surface area contributed by atoms with Gasteiger partial charge in [0.1, 0.15) is 12.4 Å². The second kappa shape index (κ2) is 6.76. The van der Waals surface area contributed by atoms with E-state index >= 15 is 0 Å². The van der Waals surface area contributed by atoms with E-state index in [0.717, 1.165) is 31.4 Å². The SMILES string of the molecule is CNCc1ccc(OCCN(C)CC2CC2)cc1. The number of hydrogen-bond donors (Lipinski definition) is 1. The third-order valence-electron chi connectivity index (χ3n) is 3.31. The minimum atomic E-state index is 0.772. The summed E-state index contributed by atoms with van der Waals surface area (Å²) in [4.78, 5) is 2.37. The summed E-state index contributed by atoms with van der Waals surface area (Å²) in [5.74, 6) is 1.92. The second-order valence-electron chi connectivity index (χ2n) is 5.23. The van der Waals surface area contributed by atoms with Crippen molar-refractivity contribution in [1.82, 2.24) is 10.2 Å². The number of rotatable bonds is 8. The van der Waals surface area contributed by atoms with E-state index in [1.165, 1.54) is 24.9 Å². The Morgan fingerprint density at radius 3 is 2.61 bits per heavy atom. The monoisotopic (exact) mass is 248 g/mol. The zero-order chi connectivity index (χ0) is 12.8. The van der Waals surface area contributed by atoms with Crippen LogP contribution in [-0.2, 0) is 6.54 Å². The van der Waals surface area contributed by atoms with Gasteiger partial charge in [-0.2, -0.15) is 0 Å². The molecule has 1 saturated carbocycles. The van der Waals surface area contributed by atoms with E-state index in [9.17, 15) is 0 Å². The first-order chi connectivity index (χ1) is 8.78. The lowest BCUT2D eigenvalue weighted by atomic mass is 10.2. The molecule has 1 N–H and O–H groups in total. The van der Waals surface area contributed by atoms with Crippen molar-refractivity contribution in [3.05, 3.63) is 29.8 Å². The van der Waals surface area contributed by atoms with Crippen LogP contribution in [0.3, 0.4) is 0 Å². The molecule has 0 unspecified atom stereocenters. The van der Waals surface area contributed by atoms with E-state index in [-0.39, 0.29) is 0 Å². The topological polar surface area (TPSA) is 24.5 Å². The summed E-state index contributed by atoms with van der Waals surface area (Å²) in [6, 6.07) is 8.32. The van der Waals surface area contributed by atoms with Crippen LogP contribution >= 0.6 is 0 Å². The highest BCUT2D eigenvalue weighted by Gasteiger charge is 2.22. The van der Waals surface area contributed by atoms with Gasteiger partial charge in [0.25, 0.3) is 0 Å². The highest BCUT2D eigenvalue weighted by Crippen LogP contribution is 2.29. The number of ether oxygens (including phenoxy) is 1. The molecule has 0 spiro atoms. The predicted octanol–water partition coefficient (Wildman–Crippen LogP) is 2.13. The largest absolute Gasteiger partial charge is 0.492 e. The van der Waals surface area contributed by atoms with Gasteiger partial charge in [-0.15, -0.1) is 0 Å². The van der Waals surface area contributed by atoms with E-state index < -0.39 is 0 Å². The maximum atomic E-state index is 5.75. The van der Waals surface area contributed by atoms with Crippen LogP contribution < -0.4 is 10.1 Å². The van der Waals surface area contributed by atoms with Crippen LogP contribution in [0.25, 0.3) is 0 Å². The zero-order valence-corrected chi connectivity index (χ0v) is 11.5. The van der Waals surface area contributed by atoms with Gasteiger partial charge in [-0.3, -0.25) is 0 Å². The summed E-state index contributed by atoms with van der Waals surface area (Å²) in [5.41, 5.74) is 1.29. The Labute approximate surface area is 110 Å². The Morgan fingerprint density at radius 2 is 2.00 bits per heavy atom. The zero-order valence-electron chi connectivity index (χ0n) is 11.5. The summed E-state index contributed by atoms with van der Waals surface area (Å²) < 4.78 is 5.75. The van der Waals surface area contributed by atoms with Crippen molar-refractivity contribution in [2.45, 2.75) is 19.4 Å². The van der Waals surface area contributed by atoms with E-state index in [2.05, 4.69) is 29.4 Å². The number of benzene rings is 1. The van der Waals surface area contributed by atoms with Crippen molar-refractivity contribution >= 4 is 0 Å². The number of nitrogens with zero attached hydrogens (tertiary/aromatic N) is 1. The molecule has 0 bridgehead atoms. The van der Waals surface area contributed by atoms with E-state index in [0.29, 0.717) is 0 Å². The van der Waals surface area contributed by atoms with Crippen LogP contribution in [0.5, 0.6) is 5.75 Å². The molecule has 0 heterocycles. The molecule has 1 fully saturated rings. The Morgan fingerprint density at radius 1 is 1.28 bits per heavy atom. The van der Waals surface area contributed by atoms with Crippen LogP contribution in [0.1, 0.15) is 18.4 Å². The molecule has 1 aliphatic rings. The third-order valence-corrected chi connectivity index (χ3v) is 3.31. The van der Waals surface area contributed by atoms with Crippen LogP contribution in [0.2, 0.25) is 0 Å². The van der Waals surface area contributed by atoms with Gasteiger partial charge < -0.3 is 15.0 Å². The first kappa shape index (κ1) is 13.4. The van der Waals surface area contributed by atoms with Gasteiger partial charge in [-0.25, -0.2) is 0 Å². The summed E-state index contributed by atoms with van der Waals surface area (Å²) in [6.45, 7) is 3.91. The molecule has 0 amide bonds. The average molecular weight is 248 g/mol. The molecule has 1 aromatic carbocycles. The summed E-state index contributed by atoms with van der Waals surface area (Å²) in [5, 5.41) is 3.14. The molecule has 0 saturated heterocycles. The third kappa shape index (κ3) is 4.67. The Kier molecular flexibility index (Phi) is 5.02. The molecule has 0 radical (unpaired) electrons. The molecule has 1 aromatic rings. The molecular formula is C15H24N2O. The van der Waals surface area contributed by atoms with Gasteiger partial charge >= 0.3 is 0 Å². The molecule has 0 aromatic heterocycles. The molecular weight excluding hydrogens is 224 g/mol. The highest BCUT2D eigenvalue weighted by atomic mass is 16.5. The van der Waals surface area contributed by atoms with Gasteiger partial charge in [-0.1, -0.05) is 12.1 Å². The Balaban J connectivity index is 1.65.